The molecular formula is C18H18BrCl7LiN3Si2. The van der Waals surface area contributed by atoms with Crippen LogP contribution in [0.4, 0.5) is 17.1 Å². The van der Waals surface area contributed by atoms with Crippen molar-refractivity contribution in [1.29, 1.82) is 0 Å². The van der Waals surface area contributed by atoms with E-state index in [4.69, 9.17) is 94.8 Å². The molecule has 14 heteroatoms. The van der Waals surface area contributed by atoms with E-state index in [-0.39, 0.29) is 18.9 Å². The molecule has 3 nitrogen and oxygen atoms in total. The van der Waals surface area contributed by atoms with Gasteiger partial charge >= 0.3 is 30.2 Å². The van der Waals surface area contributed by atoms with Gasteiger partial charge in [-0.15, -0.1) is 89.7 Å². The SMILES string of the molecule is Cl[Si](Cl)(Cl)Cl.Nc1cc[c-]cc1.Nc1ccc(Br)cc1.Nc1ccc([Si](Cl)(Cl)Cl)cc1.[Li+]. The fraction of sp³-hybridized carbons (Fsp3) is 0. The summed E-state index contributed by atoms with van der Waals surface area (Å²) in [6, 6.07) is 21.8. The van der Waals surface area contributed by atoms with E-state index in [1.807, 2.05) is 24.3 Å². The number of halogens is 8. The molecular weight excluding hydrogens is 649 g/mol. The smallest absolute Gasteiger partial charge is 0.419 e. The summed E-state index contributed by atoms with van der Waals surface area (Å²) >= 11 is 40.4. The first-order chi connectivity index (χ1) is 14.2. The molecule has 0 bridgehead atoms. The fourth-order valence-corrected chi connectivity index (χ4v) is 3.48. The molecule has 32 heavy (non-hydrogen) atoms. The first-order valence-corrected chi connectivity index (χ1v) is 20.0. The zero-order chi connectivity index (χ0) is 24.1. The van der Waals surface area contributed by atoms with E-state index in [9.17, 15) is 0 Å². The Morgan fingerprint density at radius 2 is 0.906 bits per heavy atom. The maximum Gasteiger partial charge on any atom is 1.00 e. The summed E-state index contributed by atoms with van der Waals surface area (Å²) in [5.74, 6) is 0. The molecule has 0 fully saturated rings. The molecule has 170 valence electrons. The van der Waals surface area contributed by atoms with Crippen LogP contribution in [0, 0.1) is 6.07 Å². The third-order valence-electron chi connectivity index (χ3n) is 2.85. The van der Waals surface area contributed by atoms with Crippen LogP contribution in [0.25, 0.3) is 0 Å². The number of nitrogen functional groups attached to an aromatic ring is 3. The summed E-state index contributed by atoms with van der Waals surface area (Å²) in [4.78, 5) is 0. The van der Waals surface area contributed by atoms with Crippen molar-refractivity contribution in [1.82, 2.24) is 0 Å². The molecule has 0 atom stereocenters. The van der Waals surface area contributed by atoms with Gasteiger partial charge in [0.25, 0.3) is 0 Å². The second-order valence-electron chi connectivity index (χ2n) is 5.43. The predicted molar refractivity (Wildman–Crippen MR) is 151 cm³/mol. The molecule has 0 aliphatic heterocycles. The van der Waals surface area contributed by atoms with E-state index in [1.165, 1.54) is 0 Å². The summed E-state index contributed by atoms with van der Waals surface area (Å²) in [6.45, 7) is 0. The zero-order valence-electron chi connectivity index (χ0n) is 16.7. The summed E-state index contributed by atoms with van der Waals surface area (Å²) in [5.41, 5.74) is 18.5. The number of hydrogen-bond acceptors (Lipinski definition) is 3. The standard InChI is InChI=1S/C6H6BrN.C6H6Cl3NSi.C6H6N.Cl4Si.Li/c7-5-1-3-6(8)4-2-5;7-11(8,9)6-3-1-5(10)2-4-6;7-6-4-2-1-3-5-6;1-5(2,3)4;/h1-4H,8H2;1-4H,10H2;2-5H,7H2;;/q;;-1;;+1. The van der Waals surface area contributed by atoms with Gasteiger partial charge in [-0.05, 0) is 41.6 Å². The molecule has 0 saturated heterocycles. The van der Waals surface area contributed by atoms with Crippen LogP contribution in [-0.4, -0.2) is 11.3 Å². The van der Waals surface area contributed by atoms with Crippen molar-refractivity contribution >= 4 is 127 Å². The van der Waals surface area contributed by atoms with Crippen LogP contribution in [0.5, 0.6) is 0 Å². The van der Waals surface area contributed by atoms with Crippen LogP contribution in [0.3, 0.4) is 0 Å². The van der Waals surface area contributed by atoms with Gasteiger partial charge in [0.05, 0.1) is 0 Å². The Balaban J connectivity index is 0. The van der Waals surface area contributed by atoms with Gasteiger partial charge in [-0.2, -0.15) is 18.2 Å². The Bertz CT molecular complexity index is 840. The Morgan fingerprint density at radius 1 is 0.594 bits per heavy atom. The Labute approximate surface area is 244 Å². The Morgan fingerprint density at radius 3 is 1.16 bits per heavy atom. The van der Waals surface area contributed by atoms with Crippen molar-refractivity contribution in [2.24, 2.45) is 0 Å². The minimum atomic E-state index is -2.72. The average molecular weight is 668 g/mol. The summed E-state index contributed by atoms with van der Waals surface area (Å²) in [7, 11) is 0. The minimum Gasteiger partial charge on any atom is -0.419 e. The Hall–Kier alpha value is 0.601. The molecule has 3 aromatic carbocycles. The van der Waals surface area contributed by atoms with E-state index in [2.05, 4.69) is 22.0 Å². The number of hydrogen-bond donors (Lipinski definition) is 3. The third-order valence-corrected chi connectivity index (χ3v) is 6.33. The van der Waals surface area contributed by atoms with Gasteiger partial charge in [-0.25, -0.2) is 0 Å². The molecule has 0 spiro atoms. The molecule has 3 rings (SSSR count). The third kappa shape index (κ3) is 22.4. The van der Waals surface area contributed by atoms with Crippen molar-refractivity contribution in [2.45, 2.75) is 0 Å². The topological polar surface area (TPSA) is 78.1 Å². The van der Waals surface area contributed by atoms with Crippen LogP contribution in [0.2, 0.25) is 0 Å². The van der Waals surface area contributed by atoms with Gasteiger partial charge in [-0.3, -0.25) is 0 Å². The van der Waals surface area contributed by atoms with Crippen molar-refractivity contribution in [3.63, 3.8) is 0 Å². The monoisotopic (exact) mass is 663 g/mol. The molecule has 0 heterocycles. The van der Waals surface area contributed by atoms with Crippen molar-refractivity contribution in [3.05, 3.63) is 83.3 Å². The van der Waals surface area contributed by atoms with Gasteiger partial charge < -0.3 is 17.2 Å². The second-order valence-corrected chi connectivity index (χ2v) is 25.9. The van der Waals surface area contributed by atoms with Crippen LogP contribution < -0.4 is 41.2 Å². The molecule has 0 saturated carbocycles. The number of anilines is 3. The van der Waals surface area contributed by atoms with Crippen molar-refractivity contribution in [3.8, 4) is 0 Å². The first-order valence-electron chi connectivity index (χ1n) is 8.09. The van der Waals surface area contributed by atoms with Gasteiger partial charge in [0.15, 0.2) is 0 Å². The zero-order valence-corrected chi connectivity index (χ0v) is 25.6. The summed E-state index contributed by atoms with van der Waals surface area (Å²) < 4.78 is 1.06. The van der Waals surface area contributed by atoms with Crippen LogP contribution in [0.1, 0.15) is 0 Å². The fourth-order valence-electron chi connectivity index (χ4n) is 1.53. The Kier molecular flexibility index (Phi) is 19.5. The molecule has 0 aliphatic rings. The number of benzene rings is 3. The van der Waals surface area contributed by atoms with Gasteiger partial charge in [0, 0.05) is 15.8 Å². The predicted octanol–water partition coefficient (Wildman–Crippen LogP) is 4.61. The van der Waals surface area contributed by atoms with Crippen molar-refractivity contribution < 1.29 is 18.9 Å². The average Bonchev–Trinajstić information content (AvgIpc) is 2.64. The first kappa shape index (κ1) is 34.8. The number of rotatable bonds is 1. The van der Waals surface area contributed by atoms with Crippen LogP contribution in [0.15, 0.2) is 77.3 Å². The second kappa shape index (κ2) is 18.0. The normalized spacial score (nSPS) is 10.0. The van der Waals surface area contributed by atoms with Gasteiger partial charge in [0.2, 0.25) is 0 Å². The quantitative estimate of drug-likeness (QED) is 0.154. The summed E-state index contributed by atoms with van der Waals surface area (Å²) in [5, 5.41) is -1.96. The van der Waals surface area contributed by atoms with Crippen LogP contribution >= 0.6 is 93.5 Å². The van der Waals surface area contributed by atoms with E-state index >= 15 is 0 Å². The molecule has 0 unspecified atom stereocenters. The van der Waals surface area contributed by atoms with Gasteiger partial charge in [0.1, 0.15) is 0 Å². The van der Waals surface area contributed by atoms with E-state index in [0.29, 0.717) is 5.69 Å². The maximum absolute atomic E-state index is 5.74. The largest absolute Gasteiger partial charge is 1.00 e. The molecule has 0 aromatic heterocycles. The molecule has 0 amide bonds. The minimum absolute atomic E-state index is 0. The van der Waals surface area contributed by atoms with E-state index < -0.39 is 11.3 Å². The van der Waals surface area contributed by atoms with E-state index in [0.717, 1.165) is 21.0 Å². The van der Waals surface area contributed by atoms with Crippen LogP contribution in [-0.2, 0) is 0 Å². The number of nitrogens with two attached hydrogens (primary N) is 3. The molecule has 3 aromatic rings. The van der Waals surface area contributed by atoms with Gasteiger partial charge in [-0.1, -0.05) is 33.8 Å². The molecule has 0 radical (unpaired) electrons. The van der Waals surface area contributed by atoms with E-state index in [1.54, 1.807) is 48.5 Å². The maximum atomic E-state index is 5.74. The molecule has 0 aliphatic carbocycles. The van der Waals surface area contributed by atoms with Crippen molar-refractivity contribution in [2.75, 3.05) is 17.2 Å². The summed E-state index contributed by atoms with van der Waals surface area (Å²) in [6.07, 6.45) is 0. The molecule has 6 N–H and O–H groups in total.